The molecule has 3 aromatic rings. The Balaban J connectivity index is 1.58. The molecule has 4 heterocycles. The molecule has 0 aliphatic carbocycles. The minimum Gasteiger partial charge on any atom is -0.480 e. The third kappa shape index (κ3) is 3.14. The number of benzene rings is 1. The van der Waals surface area contributed by atoms with E-state index in [0.717, 1.165) is 17.6 Å². The van der Waals surface area contributed by atoms with Crippen molar-refractivity contribution in [2.24, 2.45) is 13.0 Å². The Labute approximate surface area is 177 Å². The standard InChI is InChI=1S/C23H23N3O5/c1-24-12-17(16-8-14(22(28)29)5-6-19(16)24)21(23(30)31)25-9-13-7-15(11-25)18-3-2-4-20(27)26(18)10-13/h2-6,8,12-13,15,21H,7,9-11H2,1H3,(H,28,29)(H,30,31)/t13-,15-,21+/m0/s1. The molecule has 31 heavy (non-hydrogen) atoms. The van der Waals surface area contributed by atoms with Gasteiger partial charge in [0.15, 0.2) is 0 Å². The highest BCUT2D eigenvalue weighted by Crippen LogP contribution is 2.40. The van der Waals surface area contributed by atoms with Crippen molar-refractivity contribution in [2.45, 2.75) is 24.9 Å². The van der Waals surface area contributed by atoms with Gasteiger partial charge in [-0.2, -0.15) is 0 Å². The molecule has 2 aliphatic rings. The zero-order valence-corrected chi connectivity index (χ0v) is 17.1. The van der Waals surface area contributed by atoms with Crippen LogP contribution in [0.25, 0.3) is 10.9 Å². The Kier molecular flexibility index (Phi) is 4.48. The molecule has 2 aliphatic heterocycles. The third-order valence-electron chi connectivity index (χ3n) is 6.67. The van der Waals surface area contributed by atoms with Crippen LogP contribution in [0, 0.1) is 5.92 Å². The quantitative estimate of drug-likeness (QED) is 0.670. The second kappa shape index (κ2) is 7.09. The summed E-state index contributed by atoms with van der Waals surface area (Å²) in [6.45, 7) is 1.70. The zero-order chi connectivity index (χ0) is 21.9. The monoisotopic (exact) mass is 421 g/mol. The van der Waals surface area contributed by atoms with Gasteiger partial charge in [-0.15, -0.1) is 0 Å². The summed E-state index contributed by atoms with van der Waals surface area (Å²) >= 11 is 0. The number of fused-ring (bicyclic) bond motifs is 5. The number of hydrogen-bond donors (Lipinski definition) is 2. The molecule has 1 saturated heterocycles. The summed E-state index contributed by atoms with van der Waals surface area (Å²) in [6.07, 6.45) is 2.73. The first-order valence-electron chi connectivity index (χ1n) is 10.3. The molecule has 8 nitrogen and oxygen atoms in total. The lowest BCUT2D eigenvalue weighted by Crippen LogP contribution is -2.49. The van der Waals surface area contributed by atoms with Gasteiger partial charge in [-0.05, 0) is 36.6 Å². The molecule has 2 aromatic heterocycles. The molecule has 8 heteroatoms. The van der Waals surface area contributed by atoms with Crippen LogP contribution in [0.4, 0.5) is 0 Å². The van der Waals surface area contributed by atoms with E-state index < -0.39 is 18.0 Å². The number of rotatable bonds is 4. The number of aromatic nitrogens is 2. The molecule has 1 fully saturated rings. The number of aromatic carboxylic acids is 1. The number of piperidine rings is 1. The van der Waals surface area contributed by atoms with E-state index in [1.165, 1.54) is 6.07 Å². The van der Waals surface area contributed by atoms with E-state index in [2.05, 4.69) is 0 Å². The number of likely N-dealkylation sites (tertiary alicyclic amines) is 1. The van der Waals surface area contributed by atoms with Crippen molar-refractivity contribution >= 4 is 22.8 Å². The second-order valence-corrected chi connectivity index (χ2v) is 8.63. The van der Waals surface area contributed by atoms with Gasteiger partial charge >= 0.3 is 11.9 Å². The van der Waals surface area contributed by atoms with E-state index in [1.54, 1.807) is 30.5 Å². The van der Waals surface area contributed by atoms with Gasteiger partial charge in [0.25, 0.3) is 5.56 Å². The van der Waals surface area contributed by atoms with Crippen LogP contribution in [0.2, 0.25) is 0 Å². The maximum atomic E-state index is 12.5. The molecule has 3 atom stereocenters. The van der Waals surface area contributed by atoms with Crippen LogP contribution < -0.4 is 5.56 Å². The van der Waals surface area contributed by atoms with E-state index in [4.69, 9.17) is 0 Å². The summed E-state index contributed by atoms with van der Waals surface area (Å²) in [5.74, 6) is -1.72. The minimum absolute atomic E-state index is 0.00862. The SMILES string of the molecule is Cn1cc([C@H](C(=O)O)N2C[C@@H]3C[C@@H](C2)c2cccc(=O)n2C3)c2cc(C(=O)O)ccc21. The van der Waals surface area contributed by atoms with E-state index in [-0.39, 0.29) is 23.0 Å². The van der Waals surface area contributed by atoms with Gasteiger partial charge < -0.3 is 19.3 Å². The third-order valence-corrected chi connectivity index (χ3v) is 6.67. The molecule has 0 spiro atoms. The lowest BCUT2D eigenvalue weighted by Gasteiger charge is -2.44. The summed E-state index contributed by atoms with van der Waals surface area (Å²) in [6, 6.07) is 9.21. The Hall–Kier alpha value is -3.39. The number of hydrogen-bond acceptors (Lipinski definition) is 4. The number of aliphatic carboxylic acids is 1. The molecule has 2 N–H and O–H groups in total. The van der Waals surface area contributed by atoms with Crippen LogP contribution in [0.1, 0.15) is 40.0 Å². The Bertz CT molecular complexity index is 1270. The van der Waals surface area contributed by atoms with Gasteiger partial charge in [0.1, 0.15) is 6.04 Å². The van der Waals surface area contributed by atoms with Gasteiger partial charge in [0, 0.05) is 67.0 Å². The van der Waals surface area contributed by atoms with Crippen molar-refractivity contribution in [1.29, 1.82) is 0 Å². The number of carboxylic acids is 2. The number of nitrogens with zero attached hydrogens (tertiary/aromatic N) is 3. The van der Waals surface area contributed by atoms with Crippen molar-refractivity contribution in [3.63, 3.8) is 0 Å². The predicted octanol–water partition coefficient (Wildman–Crippen LogP) is 2.28. The lowest BCUT2D eigenvalue weighted by atomic mass is 9.82. The molecule has 0 saturated carbocycles. The smallest absolute Gasteiger partial charge is 0.335 e. The molecule has 2 bridgehead atoms. The largest absolute Gasteiger partial charge is 0.480 e. The highest BCUT2D eigenvalue weighted by Gasteiger charge is 2.40. The molecular weight excluding hydrogens is 398 g/mol. The molecule has 0 amide bonds. The summed E-state index contributed by atoms with van der Waals surface area (Å²) in [4.78, 5) is 38.2. The molecule has 0 radical (unpaired) electrons. The summed E-state index contributed by atoms with van der Waals surface area (Å²) in [7, 11) is 1.83. The lowest BCUT2D eigenvalue weighted by molar-refractivity contribution is -0.144. The Morgan fingerprint density at radius 1 is 1.10 bits per heavy atom. The molecule has 5 rings (SSSR count). The van der Waals surface area contributed by atoms with E-state index in [0.29, 0.717) is 30.6 Å². The molecular formula is C23H23N3O5. The van der Waals surface area contributed by atoms with Crippen LogP contribution in [0.15, 0.2) is 47.4 Å². The van der Waals surface area contributed by atoms with E-state index in [9.17, 15) is 24.6 Å². The average Bonchev–Trinajstić information content (AvgIpc) is 3.04. The van der Waals surface area contributed by atoms with Crippen molar-refractivity contribution in [2.75, 3.05) is 13.1 Å². The van der Waals surface area contributed by atoms with Gasteiger partial charge in [-0.1, -0.05) is 6.07 Å². The number of carbonyl (C=O) groups is 2. The fourth-order valence-electron chi connectivity index (χ4n) is 5.40. The van der Waals surface area contributed by atoms with Gasteiger partial charge in [-0.3, -0.25) is 14.5 Å². The normalized spacial score (nSPS) is 21.6. The molecule has 1 aromatic carbocycles. The van der Waals surface area contributed by atoms with E-state index >= 15 is 0 Å². The first kappa shape index (κ1) is 19.6. The van der Waals surface area contributed by atoms with E-state index in [1.807, 2.05) is 27.1 Å². The Morgan fingerprint density at radius 3 is 2.65 bits per heavy atom. The summed E-state index contributed by atoms with van der Waals surface area (Å²) < 4.78 is 3.66. The van der Waals surface area contributed by atoms with Crippen LogP contribution in [0.5, 0.6) is 0 Å². The first-order valence-corrected chi connectivity index (χ1v) is 10.3. The van der Waals surface area contributed by atoms with Gasteiger partial charge in [0.05, 0.1) is 5.56 Å². The van der Waals surface area contributed by atoms with Gasteiger partial charge in [0.2, 0.25) is 0 Å². The minimum atomic E-state index is -1.04. The number of pyridine rings is 1. The summed E-state index contributed by atoms with van der Waals surface area (Å²) in [5.41, 5.74) is 2.47. The second-order valence-electron chi connectivity index (χ2n) is 8.63. The average molecular weight is 421 g/mol. The van der Waals surface area contributed by atoms with Crippen LogP contribution in [-0.2, 0) is 18.4 Å². The molecule has 0 unspecified atom stereocenters. The Morgan fingerprint density at radius 2 is 1.90 bits per heavy atom. The van der Waals surface area contributed by atoms with Crippen molar-refractivity contribution in [1.82, 2.24) is 14.0 Å². The highest BCUT2D eigenvalue weighted by atomic mass is 16.4. The van der Waals surface area contributed by atoms with Gasteiger partial charge in [-0.25, -0.2) is 4.79 Å². The van der Waals surface area contributed by atoms with Crippen LogP contribution >= 0.6 is 0 Å². The van der Waals surface area contributed by atoms with Crippen molar-refractivity contribution in [3.05, 3.63) is 69.8 Å². The maximum absolute atomic E-state index is 12.5. The fraction of sp³-hybridized carbons (Fsp3) is 0.348. The first-order chi connectivity index (χ1) is 14.8. The van der Waals surface area contributed by atoms with Crippen LogP contribution in [-0.4, -0.2) is 49.3 Å². The maximum Gasteiger partial charge on any atom is 0.335 e. The fourth-order valence-corrected chi connectivity index (χ4v) is 5.40. The van der Waals surface area contributed by atoms with Crippen LogP contribution in [0.3, 0.4) is 0 Å². The van der Waals surface area contributed by atoms with Crippen molar-refractivity contribution in [3.8, 4) is 0 Å². The zero-order valence-electron chi connectivity index (χ0n) is 17.1. The highest BCUT2D eigenvalue weighted by molar-refractivity contribution is 5.96. The topological polar surface area (TPSA) is 105 Å². The molecule has 160 valence electrons. The number of aryl methyl sites for hydroxylation is 1. The number of carboxylic acid groups (broad SMARTS) is 2. The predicted molar refractivity (Wildman–Crippen MR) is 113 cm³/mol. The van der Waals surface area contributed by atoms with Crippen molar-refractivity contribution < 1.29 is 19.8 Å². The summed E-state index contributed by atoms with van der Waals surface area (Å²) in [5, 5.41) is 20.2.